The smallest absolute Gasteiger partial charge is 0.0110 e. The van der Waals surface area contributed by atoms with Crippen LogP contribution in [0.25, 0.3) is 0 Å². The van der Waals surface area contributed by atoms with Gasteiger partial charge >= 0.3 is 0 Å². The highest BCUT2D eigenvalue weighted by molar-refractivity contribution is 4.81. The SMILES string of the molecule is CCCCCCCC(C)(CCCC)CN1CCN(C)CC1. The van der Waals surface area contributed by atoms with E-state index in [1.165, 1.54) is 90.5 Å². The summed E-state index contributed by atoms with van der Waals surface area (Å²) in [7, 11) is 2.25. The fourth-order valence-electron chi connectivity index (χ4n) is 3.59. The van der Waals surface area contributed by atoms with Crippen molar-refractivity contribution in [3.8, 4) is 0 Å². The predicted molar refractivity (Wildman–Crippen MR) is 94.9 cm³/mol. The first-order valence-corrected chi connectivity index (χ1v) is 9.50. The number of unbranched alkanes of at least 4 members (excludes halogenated alkanes) is 5. The lowest BCUT2D eigenvalue weighted by molar-refractivity contribution is 0.0905. The third kappa shape index (κ3) is 8.21. The Balaban J connectivity index is 2.36. The summed E-state index contributed by atoms with van der Waals surface area (Å²) in [6.07, 6.45) is 12.7. The summed E-state index contributed by atoms with van der Waals surface area (Å²) in [5.74, 6) is 0. The zero-order valence-corrected chi connectivity index (χ0v) is 15.3. The minimum absolute atomic E-state index is 0.554. The van der Waals surface area contributed by atoms with Crippen LogP contribution in [0.2, 0.25) is 0 Å². The van der Waals surface area contributed by atoms with Crippen LogP contribution < -0.4 is 0 Å². The molecule has 0 aromatic carbocycles. The molecule has 2 heteroatoms. The summed E-state index contributed by atoms with van der Waals surface area (Å²) in [4.78, 5) is 5.19. The second-order valence-electron chi connectivity index (χ2n) is 7.66. The molecule has 1 heterocycles. The van der Waals surface area contributed by atoms with E-state index in [-0.39, 0.29) is 0 Å². The molecule has 1 unspecified atom stereocenters. The van der Waals surface area contributed by atoms with E-state index in [9.17, 15) is 0 Å². The van der Waals surface area contributed by atoms with E-state index in [0.717, 1.165) is 0 Å². The summed E-state index contributed by atoms with van der Waals surface area (Å²) < 4.78 is 0. The van der Waals surface area contributed by atoms with Crippen molar-refractivity contribution in [2.45, 2.75) is 78.6 Å². The molecule has 2 nitrogen and oxygen atoms in total. The molecule has 1 rings (SSSR count). The van der Waals surface area contributed by atoms with Crippen molar-refractivity contribution in [2.75, 3.05) is 39.8 Å². The molecule has 0 N–H and O–H groups in total. The molecule has 0 bridgehead atoms. The maximum atomic E-state index is 2.72. The average molecular weight is 297 g/mol. The lowest BCUT2D eigenvalue weighted by atomic mass is 9.79. The largest absolute Gasteiger partial charge is 0.304 e. The van der Waals surface area contributed by atoms with Crippen molar-refractivity contribution in [3.63, 3.8) is 0 Å². The first-order chi connectivity index (χ1) is 10.1. The highest BCUT2D eigenvalue weighted by Gasteiger charge is 2.27. The second kappa shape index (κ2) is 10.6. The van der Waals surface area contributed by atoms with Crippen LogP contribution >= 0.6 is 0 Å². The van der Waals surface area contributed by atoms with Crippen LogP contribution in [0.5, 0.6) is 0 Å². The predicted octanol–water partition coefficient (Wildman–Crippen LogP) is 4.79. The van der Waals surface area contributed by atoms with Crippen molar-refractivity contribution in [1.29, 1.82) is 0 Å². The summed E-state index contributed by atoms with van der Waals surface area (Å²) in [6.45, 7) is 13.6. The number of likely N-dealkylation sites (N-methyl/N-ethyl adjacent to an activating group) is 1. The Kier molecular flexibility index (Phi) is 9.59. The molecule has 0 saturated carbocycles. The summed E-state index contributed by atoms with van der Waals surface area (Å²) in [5.41, 5.74) is 0.554. The van der Waals surface area contributed by atoms with Crippen LogP contribution in [0.3, 0.4) is 0 Å². The zero-order chi connectivity index (χ0) is 15.6. The fourth-order valence-corrected chi connectivity index (χ4v) is 3.59. The molecule has 0 spiro atoms. The van der Waals surface area contributed by atoms with E-state index < -0.39 is 0 Å². The monoisotopic (exact) mass is 296 g/mol. The Morgan fingerprint density at radius 2 is 1.33 bits per heavy atom. The molecule has 1 atom stereocenters. The summed E-state index contributed by atoms with van der Waals surface area (Å²) in [5, 5.41) is 0. The molecule has 0 aromatic heterocycles. The Hall–Kier alpha value is -0.0800. The molecule has 1 fully saturated rings. The molecule has 21 heavy (non-hydrogen) atoms. The van der Waals surface area contributed by atoms with Crippen molar-refractivity contribution >= 4 is 0 Å². The first kappa shape index (κ1) is 19.0. The zero-order valence-electron chi connectivity index (χ0n) is 15.3. The van der Waals surface area contributed by atoms with E-state index >= 15 is 0 Å². The lowest BCUT2D eigenvalue weighted by Crippen LogP contribution is -2.48. The normalized spacial score (nSPS) is 20.6. The molecule has 0 aliphatic carbocycles. The van der Waals surface area contributed by atoms with E-state index in [1.54, 1.807) is 0 Å². The first-order valence-electron chi connectivity index (χ1n) is 9.50. The molecule has 1 aliphatic heterocycles. The van der Waals surface area contributed by atoms with E-state index in [4.69, 9.17) is 0 Å². The molecule has 0 radical (unpaired) electrons. The summed E-state index contributed by atoms with van der Waals surface area (Å²) in [6, 6.07) is 0. The van der Waals surface area contributed by atoms with Gasteiger partial charge in [0.15, 0.2) is 0 Å². The van der Waals surface area contributed by atoms with Crippen LogP contribution in [-0.2, 0) is 0 Å². The van der Waals surface area contributed by atoms with Gasteiger partial charge in [0.1, 0.15) is 0 Å². The molecule has 126 valence electrons. The van der Waals surface area contributed by atoms with E-state index in [2.05, 4.69) is 37.6 Å². The molecular weight excluding hydrogens is 256 g/mol. The van der Waals surface area contributed by atoms with Gasteiger partial charge in [-0.2, -0.15) is 0 Å². The second-order valence-corrected chi connectivity index (χ2v) is 7.66. The molecular formula is C19H40N2. The van der Waals surface area contributed by atoms with Gasteiger partial charge in [-0.25, -0.2) is 0 Å². The van der Waals surface area contributed by atoms with Crippen molar-refractivity contribution in [2.24, 2.45) is 5.41 Å². The highest BCUT2D eigenvalue weighted by atomic mass is 15.2. The Morgan fingerprint density at radius 1 is 0.762 bits per heavy atom. The van der Waals surface area contributed by atoms with Gasteiger partial charge in [0.25, 0.3) is 0 Å². The van der Waals surface area contributed by atoms with E-state index in [1.807, 2.05) is 0 Å². The van der Waals surface area contributed by atoms with Gasteiger partial charge in [-0.15, -0.1) is 0 Å². The number of nitrogens with zero attached hydrogens (tertiary/aromatic N) is 2. The van der Waals surface area contributed by atoms with Gasteiger partial charge in [-0.1, -0.05) is 65.7 Å². The van der Waals surface area contributed by atoms with Gasteiger partial charge < -0.3 is 9.80 Å². The maximum Gasteiger partial charge on any atom is 0.0110 e. The fraction of sp³-hybridized carbons (Fsp3) is 1.00. The summed E-state index contributed by atoms with van der Waals surface area (Å²) >= 11 is 0. The Bertz CT molecular complexity index is 246. The van der Waals surface area contributed by atoms with Gasteiger partial charge in [-0.05, 0) is 25.3 Å². The Labute approximate surface area is 134 Å². The minimum Gasteiger partial charge on any atom is -0.304 e. The number of rotatable bonds is 11. The van der Waals surface area contributed by atoms with Gasteiger partial charge in [0, 0.05) is 32.7 Å². The van der Waals surface area contributed by atoms with Crippen LogP contribution in [0.4, 0.5) is 0 Å². The van der Waals surface area contributed by atoms with Crippen molar-refractivity contribution < 1.29 is 0 Å². The van der Waals surface area contributed by atoms with Crippen LogP contribution in [0, 0.1) is 5.41 Å². The molecule has 0 amide bonds. The number of hydrogen-bond acceptors (Lipinski definition) is 2. The maximum absolute atomic E-state index is 2.72. The molecule has 1 saturated heterocycles. The van der Waals surface area contributed by atoms with Crippen molar-refractivity contribution in [1.82, 2.24) is 9.80 Å². The quantitative estimate of drug-likeness (QED) is 0.506. The van der Waals surface area contributed by atoms with Crippen LogP contribution in [0.1, 0.15) is 78.6 Å². The lowest BCUT2D eigenvalue weighted by Gasteiger charge is -2.40. The van der Waals surface area contributed by atoms with Gasteiger partial charge in [0.05, 0.1) is 0 Å². The van der Waals surface area contributed by atoms with Crippen molar-refractivity contribution in [3.05, 3.63) is 0 Å². The van der Waals surface area contributed by atoms with Gasteiger partial charge in [0.2, 0.25) is 0 Å². The Morgan fingerprint density at radius 3 is 1.95 bits per heavy atom. The van der Waals surface area contributed by atoms with E-state index in [0.29, 0.717) is 5.41 Å². The molecule has 0 aromatic rings. The third-order valence-electron chi connectivity index (χ3n) is 5.22. The third-order valence-corrected chi connectivity index (χ3v) is 5.22. The highest BCUT2D eigenvalue weighted by Crippen LogP contribution is 2.32. The minimum atomic E-state index is 0.554. The number of hydrogen-bond donors (Lipinski definition) is 0. The molecule has 1 aliphatic rings. The standard InChI is InChI=1S/C19H40N2/c1-5-7-9-10-11-13-19(3,12-8-6-2)18-21-16-14-20(4)15-17-21/h5-18H2,1-4H3. The van der Waals surface area contributed by atoms with Crippen LogP contribution in [-0.4, -0.2) is 49.6 Å². The topological polar surface area (TPSA) is 6.48 Å². The van der Waals surface area contributed by atoms with Crippen LogP contribution in [0.15, 0.2) is 0 Å². The average Bonchev–Trinajstić information content (AvgIpc) is 2.48. The number of piperazine rings is 1. The van der Waals surface area contributed by atoms with Gasteiger partial charge in [-0.3, -0.25) is 0 Å².